The predicted molar refractivity (Wildman–Crippen MR) is 132 cm³/mol. The van der Waals surface area contributed by atoms with Gasteiger partial charge in [0.15, 0.2) is 0 Å². The molecule has 1 N–H and O–H groups in total. The molecule has 0 aliphatic rings. The molecule has 4 rings (SSSR count). The molecule has 0 fully saturated rings. The first-order chi connectivity index (χ1) is 17.7. The summed E-state index contributed by atoms with van der Waals surface area (Å²) in [5.41, 5.74) is 3.25. The van der Waals surface area contributed by atoms with Crippen molar-refractivity contribution in [3.8, 4) is 11.1 Å². The molecule has 10 heteroatoms. The minimum atomic E-state index is -4.35. The molecule has 2 aromatic heterocycles. The van der Waals surface area contributed by atoms with E-state index < -0.39 is 17.7 Å². The lowest BCUT2D eigenvalue weighted by Crippen LogP contribution is -2.16. The Bertz CT molecular complexity index is 1370. The Balaban J connectivity index is 1.39. The molecule has 0 unspecified atom stereocenters. The number of imidazole rings is 1. The second-order valence-corrected chi connectivity index (χ2v) is 8.48. The number of hydrogen-bond acceptors (Lipinski definition) is 5. The smallest absolute Gasteiger partial charge is 0.416 e. The minimum absolute atomic E-state index is 0.382. The highest BCUT2D eigenvalue weighted by atomic mass is 19.4. The van der Waals surface area contributed by atoms with E-state index in [1.807, 2.05) is 48.3 Å². The molecule has 7 nitrogen and oxygen atoms in total. The number of nitrogens with zero attached hydrogens (tertiary/aromatic N) is 4. The molecule has 0 spiro atoms. The van der Waals surface area contributed by atoms with Gasteiger partial charge >= 0.3 is 12.1 Å². The number of benzene rings is 2. The van der Waals surface area contributed by atoms with E-state index >= 15 is 0 Å². The zero-order valence-electron chi connectivity index (χ0n) is 20.4. The van der Waals surface area contributed by atoms with Crippen LogP contribution in [0, 0.1) is 0 Å². The van der Waals surface area contributed by atoms with Crippen LogP contribution in [0.3, 0.4) is 0 Å². The normalized spacial score (nSPS) is 12.0. The molecular formula is C27H26F3N5O2. The lowest BCUT2D eigenvalue weighted by molar-refractivity contribution is -0.138. The number of aromatic nitrogens is 4. The van der Waals surface area contributed by atoms with Gasteiger partial charge in [-0.25, -0.2) is 9.78 Å². The first kappa shape index (κ1) is 25.7. The van der Waals surface area contributed by atoms with E-state index in [0.29, 0.717) is 30.6 Å². The quantitative estimate of drug-likeness (QED) is 0.261. The molecule has 0 aliphatic heterocycles. The largest absolute Gasteiger partial charge is 0.466 e. The maximum atomic E-state index is 12.8. The highest BCUT2D eigenvalue weighted by Gasteiger charge is 2.29. The van der Waals surface area contributed by atoms with Crippen molar-refractivity contribution in [1.29, 1.82) is 0 Å². The number of ether oxygens (including phenoxy) is 1. The molecule has 37 heavy (non-hydrogen) atoms. The molecule has 2 heterocycles. The van der Waals surface area contributed by atoms with Crippen LogP contribution < -0.4 is 5.32 Å². The molecule has 0 saturated carbocycles. The zero-order chi connectivity index (χ0) is 26.4. The number of carbonyl (C=O) groups is 1. The van der Waals surface area contributed by atoms with Gasteiger partial charge in [-0.05, 0) is 34.4 Å². The van der Waals surface area contributed by atoms with Crippen LogP contribution in [0.2, 0.25) is 0 Å². The summed E-state index contributed by atoms with van der Waals surface area (Å²) in [4.78, 5) is 16.6. The van der Waals surface area contributed by atoms with E-state index in [0.717, 1.165) is 34.6 Å². The lowest BCUT2D eigenvalue weighted by atomic mass is 10.0. The summed E-state index contributed by atoms with van der Waals surface area (Å²) in [6, 6.07) is 12.8. The first-order valence-electron chi connectivity index (χ1n) is 11.5. The summed E-state index contributed by atoms with van der Waals surface area (Å²) in [7, 11) is 3.15. The van der Waals surface area contributed by atoms with E-state index in [1.54, 1.807) is 23.3 Å². The van der Waals surface area contributed by atoms with Gasteiger partial charge in [-0.3, -0.25) is 4.68 Å². The highest BCUT2D eigenvalue weighted by molar-refractivity contribution is 5.88. The van der Waals surface area contributed by atoms with Crippen molar-refractivity contribution in [3.63, 3.8) is 0 Å². The van der Waals surface area contributed by atoms with Crippen LogP contribution in [0.15, 0.2) is 85.1 Å². The number of nitrogens with one attached hydrogen (secondary N) is 1. The number of hydrogen-bond donors (Lipinski definition) is 1. The second-order valence-electron chi connectivity index (χ2n) is 8.48. The third-order valence-electron chi connectivity index (χ3n) is 5.79. The van der Waals surface area contributed by atoms with Gasteiger partial charge < -0.3 is 14.6 Å². The summed E-state index contributed by atoms with van der Waals surface area (Å²) in [5, 5.41) is 7.27. The van der Waals surface area contributed by atoms with Gasteiger partial charge in [0, 0.05) is 44.8 Å². The number of halogens is 3. The average molecular weight is 510 g/mol. The molecule has 0 aliphatic carbocycles. The minimum Gasteiger partial charge on any atom is -0.466 e. The number of carbonyl (C=O) groups excluding carboxylic acids is 1. The summed E-state index contributed by atoms with van der Waals surface area (Å²) in [6.45, 7) is 0.956. The molecule has 4 aromatic rings. The maximum Gasteiger partial charge on any atom is 0.416 e. The van der Waals surface area contributed by atoms with Gasteiger partial charge in [0.1, 0.15) is 5.82 Å². The van der Waals surface area contributed by atoms with E-state index in [2.05, 4.69) is 15.4 Å². The van der Waals surface area contributed by atoms with Crippen molar-refractivity contribution in [3.05, 3.63) is 108 Å². The standard InChI is InChI=1S/C27H26F3N5O2/c1-34-17-20(14-33-34)13-23(26(36)37-2)15-31-16-25-32-11-12-35(25)18-19-3-5-21(6-4-19)22-7-9-24(10-8-22)27(28,29)30/h3-12,14-15,17,31H,13,16,18H2,1-2H3/b23-15-. The van der Waals surface area contributed by atoms with Crippen molar-refractivity contribution >= 4 is 5.97 Å². The van der Waals surface area contributed by atoms with Crippen molar-refractivity contribution in [1.82, 2.24) is 24.6 Å². The Morgan fingerprint density at radius 2 is 1.73 bits per heavy atom. The molecule has 0 radical (unpaired) electrons. The van der Waals surface area contributed by atoms with Crippen LogP contribution >= 0.6 is 0 Å². The van der Waals surface area contributed by atoms with Crippen LogP contribution in [0.5, 0.6) is 0 Å². The third kappa shape index (κ3) is 6.66. The predicted octanol–water partition coefficient (Wildman–Crippen LogP) is 4.74. The Labute approximate surface area is 212 Å². The highest BCUT2D eigenvalue weighted by Crippen LogP contribution is 2.31. The van der Waals surface area contributed by atoms with Gasteiger partial charge in [0.2, 0.25) is 0 Å². The number of alkyl halides is 3. The zero-order valence-corrected chi connectivity index (χ0v) is 20.4. The van der Waals surface area contributed by atoms with Crippen LogP contribution in [0.4, 0.5) is 13.2 Å². The van der Waals surface area contributed by atoms with E-state index in [-0.39, 0.29) is 0 Å². The second kappa shape index (κ2) is 11.2. The first-order valence-corrected chi connectivity index (χ1v) is 11.5. The molecule has 0 saturated heterocycles. The molecule has 0 bridgehead atoms. The van der Waals surface area contributed by atoms with Gasteiger partial charge in [-0.2, -0.15) is 18.3 Å². The number of rotatable bonds is 9. The summed E-state index contributed by atoms with van der Waals surface area (Å²) >= 11 is 0. The third-order valence-corrected chi connectivity index (χ3v) is 5.79. The van der Waals surface area contributed by atoms with Crippen LogP contribution in [-0.2, 0) is 42.3 Å². The molecule has 2 aromatic carbocycles. The van der Waals surface area contributed by atoms with Crippen molar-refractivity contribution in [2.24, 2.45) is 7.05 Å². The topological polar surface area (TPSA) is 74.0 Å². The number of esters is 1. The number of aryl methyl sites for hydroxylation is 1. The van der Waals surface area contributed by atoms with Gasteiger partial charge in [-0.1, -0.05) is 36.4 Å². The Morgan fingerprint density at radius 1 is 1.05 bits per heavy atom. The summed E-state index contributed by atoms with van der Waals surface area (Å²) < 4.78 is 47.0. The monoisotopic (exact) mass is 509 g/mol. The summed E-state index contributed by atoms with van der Waals surface area (Å²) in [5.74, 6) is 0.349. The average Bonchev–Trinajstić information content (AvgIpc) is 3.51. The van der Waals surface area contributed by atoms with E-state index in [4.69, 9.17) is 4.74 Å². The maximum absolute atomic E-state index is 12.8. The van der Waals surface area contributed by atoms with Gasteiger partial charge in [0.25, 0.3) is 0 Å². The van der Waals surface area contributed by atoms with Crippen LogP contribution in [0.25, 0.3) is 11.1 Å². The fourth-order valence-electron chi connectivity index (χ4n) is 3.86. The van der Waals surface area contributed by atoms with E-state index in [9.17, 15) is 18.0 Å². The van der Waals surface area contributed by atoms with Crippen LogP contribution in [-0.4, -0.2) is 32.4 Å². The molecule has 192 valence electrons. The lowest BCUT2D eigenvalue weighted by Gasteiger charge is -2.11. The molecule has 0 amide bonds. The van der Waals surface area contributed by atoms with Crippen molar-refractivity contribution < 1.29 is 22.7 Å². The fraction of sp³-hybridized carbons (Fsp3) is 0.222. The number of methoxy groups -OCH3 is 1. The van der Waals surface area contributed by atoms with Crippen LogP contribution in [0.1, 0.15) is 22.5 Å². The Hall–Kier alpha value is -4.34. The SMILES string of the molecule is COC(=O)/C(=C\NCc1nccn1Cc1ccc(-c2ccc(C(F)(F)F)cc2)cc1)Cc1cnn(C)c1. The Kier molecular flexibility index (Phi) is 7.76. The van der Waals surface area contributed by atoms with Crippen molar-refractivity contribution in [2.45, 2.75) is 25.7 Å². The molecule has 0 atom stereocenters. The Morgan fingerprint density at radius 3 is 2.32 bits per heavy atom. The van der Waals surface area contributed by atoms with E-state index in [1.165, 1.54) is 19.2 Å². The summed E-state index contributed by atoms with van der Waals surface area (Å²) in [6.07, 6.45) is 4.77. The van der Waals surface area contributed by atoms with Gasteiger partial charge in [0.05, 0.1) is 31.0 Å². The molecular weight excluding hydrogens is 483 g/mol. The van der Waals surface area contributed by atoms with Crippen molar-refractivity contribution in [2.75, 3.05) is 7.11 Å². The van der Waals surface area contributed by atoms with Gasteiger partial charge in [-0.15, -0.1) is 0 Å². The fourth-order valence-corrected chi connectivity index (χ4v) is 3.86.